The molecule has 0 aliphatic carbocycles. The molecule has 6 nitrogen and oxygen atoms in total. The predicted molar refractivity (Wildman–Crippen MR) is 120 cm³/mol. The Hall–Kier alpha value is -2.10. The monoisotopic (exact) mass is 534 g/mol. The van der Waals surface area contributed by atoms with Gasteiger partial charge in [0.25, 0.3) is 5.91 Å². The van der Waals surface area contributed by atoms with Crippen molar-refractivity contribution in [3.8, 4) is 10.6 Å². The van der Waals surface area contributed by atoms with Crippen LogP contribution in [0.15, 0.2) is 57.5 Å². The molecule has 0 bridgehead atoms. The van der Waals surface area contributed by atoms with Crippen molar-refractivity contribution in [3.63, 3.8) is 0 Å². The van der Waals surface area contributed by atoms with Crippen molar-refractivity contribution in [2.24, 2.45) is 0 Å². The highest BCUT2D eigenvalue weighted by molar-refractivity contribution is 9.10. The molecule has 2 heterocycles. The molecule has 29 heavy (non-hydrogen) atoms. The molecule has 3 aromatic rings. The molecule has 0 saturated carbocycles. The number of benzene rings is 2. The lowest BCUT2D eigenvalue weighted by molar-refractivity contribution is -0.119. The quantitative estimate of drug-likeness (QED) is 0.511. The molecule has 1 unspecified atom stereocenters. The highest BCUT2D eigenvalue weighted by atomic mass is 79.9. The number of carbonyl (C=O) groups is 2. The van der Waals surface area contributed by atoms with Gasteiger partial charge in [-0.3, -0.25) is 14.9 Å². The van der Waals surface area contributed by atoms with Gasteiger partial charge in [-0.25, -0.2) is 0 Å². The number of amides is 2. The van der Waals surface area contributed by atoms with Gasteiger partial charge < -0.3 is 4.90 Å². The largest absolute Gasteiger partial charge is 0.327 e. The van der Waals surface area contributed by atoms with E-state index in [9.17, 15) is 9.59 Å². The van der Waals surface area contributed by atoms with Gasteiger partial charge in [-0.15, -0.1) is 10.2 Å². The second kappa shape index (κ2) is 8.73. The molecule has 1 aliphatic heterocycles. The van der Waals surface area contributed by atoms with Crippen LogP contribution < -0.4 is 5.32 Å². The molecule has 0 spiro atoms. The summed E-state index contributed by atoms with van der Waals surface area (Å²) in [5, 5.41) is 12.2. The van der Waals surface area contributed by atoms with E-state index in [4.69, 9.17) is 0 Å². The van der Waals surface area contributed by atoms with E-state index in [1.807, 2.05) is 36.4 Å². The minimum atomic E-state index is -0.508. The first-order valence-corrected chi connectivity index (χ1v) is 11.4. The third kappa shape index (κ3) is 4.57. The number of nitrogens with zero attached hydrogens (tertiary/aromatic N) is 3. The van der Waals surface area contributed by atoms with Crippen LogP contribution in [0.4, 0.5) is 5.13 Å². The molecule has 1 fully saturated rings. The molecule has 0 radical (unpaired) electrons. The Morgan fingerprint density at radius 2 is 1.66 bits per heavy atom. The maximum Gasteiger partial charge on any atom is 0.254 e. The number of halogens is 2. The van der Waals surface area contributed by atoms with Gasteiger partial charge in [-0.2, -0.15) is 0 Å². The maximum absolute atomic E-state index is 12.8. The van der Waals surface area contributed by atoms with Crippen LogP contribution in [0.1, 0.15) is 23.2 Å². The third-order valence-electron chi connectivity index (χ3n) is 4.65. The van der Waals surface area contributed by atoms with Crippen LogP contribution in [0.5, 0.6) is 0 Å². The Morgan fingerprint density at radius 1 is 1.00 bits per heavy atom. The summed E-state index contributed by atoms with van der Waals surface area (Å²) in [5.74, 6) is -0.366. The molecule has 9 heteroatoms. The fourth-order valence-corrected chi connectivity index (χ4v) is 4.49. The summed E-state index contributed by atoms with van der Waals surface area (Å²) in [4.78, 5) is 27.3. The van der Waals surface area contributed by atoms with E-state index in [-0.39, 0.29) is 11.8 Å². The molecule has 1 saturated heterocycles. The van der Waals surface area contributed by atoms with Gasteiger partial charge in [0.15, 0.2) is 0 Å². The minimum Gasteiger partial charge on any atom is -0.327 e. The lowest BCUT2D eigenvalue weighted by atomic mass is 10.1. The summed E-state index contributed by atoms with van der Waals surface area (Å²) < 4.78 is 1.89. The lowest BCUT2D eigenvalue weighted by Gasteiger charge is -2.23. The van der Waals surface area contributed by atoms with Gasteiger partial charge in [-0.05, 0) is 49.2 Å². The smallest absolute Gasteiger partial charge is 0.254 e. The number of nitrogens with one attached hydrogen (secondary N) is 1. The van der Waals surface area contributed by atoms with Crippen LogP contribution in [0, 0.1) is 0 Å². The lowest BCUT2D eigenvalue weighted by Crippen LogP contribution is -2.43. The van der Waals surface area contributed by atoms with E-state index < -0.39 is 6.04 Å². The zero-order valence-corrected chi connectivity index (χ0v) is 19.1. The van der Waals surface area contributed by atoms with E-state index in [1.54, 1.807) is 17.0 Å². The van der Waals surface area contributed by atoms with Crippen molar-refractivity contribution in [1.29, 1.82) is 0 Å². The first kappa shape index (κ1) is 20.2. The SMILES string of the molecule is O=C(Nc1nnc(-c2ccc(Br)cc2)s1)C1CCCN1C(=O)c1ccc(Br)cc1. The summed E-state index contributed by atoms with van der Waals surface area (Å²) in [7, 11) is 0. The first-order valence-electron chi connectivity index (χ1n) is 8.98. The van der Waals surface area contributed by atoms with Gasteiger partial charge in [-0.1, -0.05) is 55.3 Å². The average Bonchev–Trinajstić information content (AvgIpc) is 3.38. The summed E-state index contributed by atoms with van der Waals surface area (Å²) in [6.45, 7) is 0.563. The number of carbonyl (C=O) groups excluding carboxylic acids is 2. The second-order valence-corrected chi connectivity index (χ2v) is 9.38. The Bertz CT molecular complexity index is 1040. The Balaban J connectivity index is 1.45. The molecule has 4 rings (SSSR count). The van der Waals surface area contributed by atoms with Crippen molar-refractivity contribution in [2.45, 2.75) is 18.9 Å². The molecule has 1 N–H and O–H groups in total. The van der Waals surface area contributed by atoms with Crippen LogP contribution in [-0.4, -0.2) is 39.5 Å². The number of hydrogen-bond acceptors (Lipinski definition) is 5. The van der Waals surface area contributed by atoms with Gasteiger partial charge in [0, 0.05) is 26.6 Å². The molecular weight excluding hydrogens is 520 g/mol. The van der Waals surface area contributed by atoms with E-state index in [1.165, 1.54) is 11.3 Å². The van der Waals surface area contributed by atoms with Gasteiger partial charge in [0.2, 0.25) is 11.0 Å². The summed E-state index contributed by atoms with van der Waals surface area (Å²) >= 11 is 8.08. The molecular formula is C20H16Br2N4O2S. The third-order valence-corrected chi connectivity index (χ3v) is 6.60. The zero-order chi connectivity index (χ0) is 20.4. The summed E-state index contributed by atoms with van der Waals surface area (Å²) in [6.07, 6.45) is 1.42. The molecule has 2 amide bonds. The molecule has 1 aliphatic rings. The second-order valence-electron chi connectivity index (χ2n) is 6.57. The van der Waals surface area contributed by atoms with E-state index in [0.29, 0.717) is 23.7 Å². The Morgan fingerprint density at radius 3 is 2.34 bits per heavy atom. The van der Waals surface area contributed by atoms with Gasteiger partial charge >= 0.3 is 0 Å². The minimum absolute atomic E-state index is 0.136. The van der Waals surface area contributed by atoms with E-state index >= 15 is 0 Å². The van der Waals surface area contributed by atoms with Crippen LogP contribution in [0.3, 0.4) is 0 Å². The number of rotatable bonds is 4. The van der Waals surface area contributed by atoms with Crippen molar-refractivity contribution >= 4 is 60.1 Å². The molecule has 1 aromatic heterocycles. The fourth-order valence-electron chi connectivity index (χ4n) is 3.21. The van der Waals surface area contributed by atoms with Crippen LogP contribution in [0.25, 0.3) is 10.6 Å². The van der Waals surface area contributed by atoms with Crippen molar-refractivity contribution in [2.75, 3.05) is 11.9 Å². The summed E-state index contributed by atoms with van der Waals surface area (Å²) in [5.41, 5.74) is 1.50. The topological polar surface area (TPSA) is 75.2 Å². The van der Waals surface area contributed by atoms with Crippen molar-refractivity contribution < 1.29 is 9.59 Å². The van der Waals surface area contributed by atoms with E-state index in [2.05, 4.69) is 47.4 Å². The fraction of sp³-hybridized carbons (Fsp3) is 0.200. The highest BCUT2D eigenvalue weighted by Crippen LogP contribution is 2.28. The Kier molecular flexibility index (Phi) is 6.07. The standard InChI is InChI=1S/C20H16Br2N4O2S/c21-14-7-3-12(4-8-14)18-24-25-20(29-18)23-17(27)16-2-1-11-26(16)19(28)13-5-9-15(22)10-6-13/h3-10,16H,1-2,11H2,(H,23,25,27). The van der Waals surface area contributed by atoms with Gasteiger partial charge in [0.05, 0.1) is 0 Å². The number of aromatic nitrogens is 2. The highest BCUT2D eigenvalue weighted by Gasteiger charge is 2.35. The molecule has 2 aromatic carbocycles. The van der Waals surface area contributed by atoms with Gasteiger partial charge in [0.1, 0.15) is 11.0 Å². The number of anilines is 1. The number of likely N-dealkylation sites (tertiary alicyclic amines) is 1. The normalized spacial score (nSPS) is 16.1. The van der Waals surface area contributed by atoms with Crippen LogP contribution in [-0.2, 0) is 4.79 Å². The summed E-state index contributed by atoms with van der Waals surface area (Å²) in [6, 6.07) is 14.4. The maximum atomic E-state index is 12.8. The average molecular weight is 536 g/mol. The predicted octanol–water partition coefficient (Wildman–Crippen LogP) is 4.97. The molecule has 1 atom stereocenters. The van der Waals surface area contributed by atoms with Crippen molar-refractivity contribution in [1.82, 2.24) is 15.1 Å². The number of hydrogen-bond donors (Lipinski definition) is 1. The first-order chi connectivity index (χ1) is 14.0. The van der Waals surface area contributed by atoms with E-state index in [0.717, 1.165) is 25.9 Å². The zero-order valence-electron chi connectivity index (χ0n) is 15.1. The van der Waals surface area contributed by atoms with Crippen LogP contribution in [0.2, 0.25) is 0 Å². The Labute approximate surface area is 188 Å². The van der Waals surface area contributed by atoms with Crippen molar-refractivity contribution in [3.05, 3.63) is 63.0 Å². The molecule has 148 valence electrons. The van der Waals surface area contributed by atoms with Crippen LogP contribution >= 0.6 is 43.2 Å².